The van der Waals surface area contributed by atoms with Gasteiger partial charge in [-0.2, -0.15) is 5.10 Å². The summed E-state index contributed by atoms with van der Waals surface area (Å²) in [5.74, 6) is -1.12. The smallest absolute Gasteiger partial charge is 0.311 e. The number of nitrogens with one attached hydrogen (secondary N) is 1. The Morgan fingerprint density at radius 1 is 1.18 bits per heavy atom. The average Bonchev–Trinajstić information content (AvgIpc) is 3.42. The number of aromatic nitrogens is 3. The van der Waals surface area contributed by atoms with Crippen LogP contribution in [0.2, 0.25) is 0 Å². The molecule has 0 fully saturated rings. The number of ether oxygens (including phenoxy) is 1. The standard InChI is InChI=1S/C24H21FN4O3S/c1-3-32-21(30)12-18-14-33-24(26-18)27-23(31)20-13-29(19-9-7-17(25)8-10-19)28-22(20)16-6-4-5-15(2)11-16/h4-11,13-14H,3,12H2,1-2H3,(H,26,27,31). The second-order valence-electron chi connectivity index (χ2n) is 7.26. The molecule has 0 atom stereocenters. The normalized spacial score (nSPS) is 10.8. The highest BCUT2D eigenvalue weighted by molar-refractivity contribution is 7.14. The van der Waals surface area contributed by atoms with Crippen LogP contribution in [0.3, 0.4) is 0 Å². The van der Waals surface area contributed by atoms with Crippen LogP contribution in [-0.4, -0.2) is 33.2 Å². The summed E-state index contributed by atoms with van der Waals surface area (Å²) in [5.41, 5.74) is 3.78. The van der Waals surface area contributed by atoms with E-state index in [1.165, 1.54) is 23.5 Å². The van der Waals surface area contributed by atoms with Crippen molar-refractivity contribution in [2.75, 3.05) is 11.9 Å². The molecule has 0 saturated carbocycles. The molecule has 4 aromatic rings. The van der Waals surface area contributed by atoms with E-state index in [4.69, 9.17) is 4.74 Å². The van der Waals surface area contributed by atoms with Gasteiger partial charge in [0.05, 0.1) is 30.0 Å². The number of halogens is 1. The number of esters is 1. The molecule has 0 aliphatic rings. The van der Waals surface area contributed by atoms with Gasteiger partial charge in [-0.15, -0.1) is 11.3 Å². The molecule has 1 amide bonds. The maximum absolute atomic E-state index is 13.4. The third-order valence-corrected chi connectivity index (χ3v) is 5.55. The minimum absolute atomic E-state index is 0.0389. The van der Waals surface area contributed by atoms with Crippen molar-refractivity contribution in [2.24, 2.45) is 0 Å². The van der Waals surface area contributed by atoms with Crippen LogP contribution >= 0.6 is 11.3 Å². The van der Waals surface area contributed by atoms with Gasteiger partial charge >= 0.3 is 5.97 Å². The summed E-state index contributed by atoms with van der Waals surface area (Å²) in [7, 11) is 0. The first-order valence-corrected chi connectivity index (χ1v) is 11.1. The van der Waals surface area contributed by atoms with Crippen LogP contribution in [0.1, 0.15) is 28.5 Å². The number of hydrogen-bond acceptors (Lipinski definition) is 6. The monoisotopic (exact) mass is 464 g/mol. The van der Waals surface area contributed by atoms with E-state index >= 15 is 0 Å². The highest BCUT2D eigenvalue weighted by Crippen LogP contribution is 2.26. The van der Waals surface area contributed by atoms with Gasteiger partial charge in [-0.3, -0.25) is 14.9 Å². The van der Waals surface area contributed by atoms with E-state index < -0.39 is 5.91 Å². The fourth-order valence-corrected chi connectivity index (χ4v) is 3.95. The fraction of sp³-hybridized carbons (Fsp3) is 0.167. The van der Waals surface area contributed by atoms with Gasteiger partial charge in [0.1, 0.15) is 11.5 Å². The Morgan fingerprint density at radius 2 is 1.97 bits per heavy atom. The number of thiazole rings is 1. The molecule has 7 nitrogen and oxygen atoms in total. The summed E-state index contributed by atoms with van der Waals surface area (Å²) in [4.78, 5) is 29.2. The molecule has 9 heteroatoms. The molecule has 2 heterocycles. The lowest BCUT2D eigenvalue weighted by atomic mass is 10.1. The van der Waals surface area contributed by atoms with Crippen molar-refractivity contribution in [3.8, 4) is 16.9 Å². The fourth-order valence-electron chi connectivity index (χ4n) is 3.24. The van der Waals surface area contributed by atoms with Crippen LogP contribution in [0.15, 0.2) is 60.1 Å². The highest BCUT2D eigenvalue weighted by Gasteiger charge is 2.20. The minimum Gasteiger partial charge on any atom is -0.466 e. The van der Waals surface area contributed by atoms with E-state index in [1.54, 1.807) is 35.3 Å². The lowest BCUT2D eigenvalue weighted by Crippen LogP contribution is -2.12. The van der Waals surface area contributed by atoms with Crippen LogP contribution < -0.4 is 5.32 Å². The molecule has 33 heavy (non-hydrogen) atoms. The number of carbonyl (C=O) groups excluding carboxylic acids is 2. The first-order valence-electron chi connectivity index (χ1n) is 10.3. The van der Waals surface area contributed by atoms with Gasteiger partial charge in [0, 0.05) is 17.1 Å². The lowest BCUT2D eigenvalue weighted by molar-refractivity contribution is -0.142. The number of rotatable bonds is 7. The van der Waals surface area contributed by atoms with Crippen LogP contribution in [0.4, 0.5) is 9.52 Å². The number of carbonyl (C=O) groups is 2. The number of benzene rings is 2. The Balaban J connectivity index is 1.64. The maximum Gasteiger partial charge on any atom is 0.311 e. The van der Waals surface area contributed by atoms with Crippen LogP contribution in [-0.2, 0) is 16.0 Å². The number of amides is 1. The predicted octanol–water partition coefficient (Wildman–Crippen LogP) is 4.80. The number of anilines is 1. The van der Waals surface area contributed by atoms with Gasteiger partial charge < -0.3 is 4.74 Å². The van der Waals surface area contributed by atoms with Crippen molar-refractivity contribution in [2.45, 2.75) is 20.3 Å². The van der Waals surface area contributed by atoms with E-state index in [0.29, 0.717) is 34.4 Å². The van der Waals surface area contributed by atoms with Gasteiger partial charge in [0.15, 0.2) is 5.13 Å². The van der Waals surface area contributed by atoms with E-state index in [1.807, 2.05) is 31.2 Å². The maximum atomic E-state index is 13.4. The molecular formula is C24H21FN4O3S. The Kier molecular flexibility index (Phi) is 6.60. The minimum atomic E-state index is -0.392. The summed E-state index contributed by atoms with van der Waals surface area (Å²) < 4.78 is 19.8. The number of hydrogen-bond donors (Lipinski definition) is 1. The summed E-state index contributed by atoms with van der Waals surface area (Å²) in [5, 5.41) is 9.46. The third-order valence-electron chi connectivity index (χ3n) is 4.74. The van der Waals surface area contributed by atoms with Crippen LogP contribution in [0, 0.1) is 12.7 Å². The molecule has 2 aromatic carbocycles. The molecular weight excluding hydrogens is 443 g/mol. The second kappa shape index (κ2) is 9.74. The molecule has 168 valence electrons. The zero-order valence-corrected chi connectivity index (χ0v) is 18.9. The van der Waals surface area contributed by atoms with E-state index in [9.17, 15) is 14.0 Å². The van der Waals surface area contributed by atoms with Crippen molar-refractivity contribution in [3.05, 3.63) is 82.7 Å². The average molecular weight is 465 g/mol. The first kappa shape index (κ1) is 22.3. The molecule has 4 rings (SSSR count). The van der Waals surface area contributed by atoms with E-state index in [0.717, 1.165) is 11.1 Å². The number of aryl methyl sites for hydroxylation is 1. The SMILES string of the molecule is CCOC(=O)Cc1csc(NC(=O)c2cn(-c3ccc(F)cc3)nc2-c2cccc(C)c2)n1. The largest absolute Gasteiger partial charge is 0.466 e. The van der Waals surface area contributed by atoms with Crippen molar-refractivity contribution in [3.63, 3.8) is 0 Å². The Hall–Kier alpha value is -3.85. The molecule has 0 unspecified atom stereocenters. The van der Waals surface area contributed by atoms with Gasteiger partial charge in [0.25, 0.3) is 5.91 Å². The summed E-state index contributed by atoms with van der Waals surface area (Å²) in [6, 6.07) is 13.5. The molecule has 0 spiro atoms. The van der Waals surface area contributed by atoms with Crippen LogP contribution in [0.5, 0.6) is 0 Å². The zero-order valence-electron chi connectivity index (χ0n) is 18.0. The molecule has 0 radical (unpaired) electrons. The Bertz CT molecular complexity index is 1300. The van der Waals surface area contributed by atoms with Crippen molar-refractivity contribution >= 4 is 28.3 Å². The summed E-state index contributed by atoms with van der Waals surface area (Å²) >= 11 is 1.22. The Morgan fingerprint density at radius 3 is 2.70 bits per heavy atom. The summed E-state index contributed by atoms with van der Waals surface area (Å²) in [6.07, 6.45) is 1.64. The van der Waals surface area contributed by atoms with Gasteiger partial charge in [-0.1, -0.05) is 23.8 Å². The predicted molar refractivity (Wildman–Crippen MR) is 124 cm³/mol. The topological polar surface area (TPSA) is 86.1 Å². The molecule has 1 N–H and O–H groups in total. The van der Waals surface area contributed by atoms with E-state index in [2.05, 4.69) is 15.4 Å². The van der Waals surface area contributed by atoms with Gasteiger partial charge in [0.2, 0.25) is 0 Å². The highest BCUT2D eigenvalue weighted by atomic mass is 32.1. The Labute approximate surface area is 193 Å². The van der Waals surface area contributed by atoms with Crippen molar-refractivity contribution in [1.82, 2.24) is 14.8 Å². The summed E-state index contributed by atoms with van der Waals surface area (Å²) in [6.45, 7) is 4.00. The lowest BCUT2D eigenvalue weighted by Gasteiger charge is -2.04. The third kappa shape index (κ3) is 5.32. The molecule has 0 aliphatic carbocycles. The van der Waals surface area contributed by atoms with Crippen molar-refractivity contribution in [1.29, 1.82) is 0 Å². The first-order chi connectivity index (χ1) is 15.9. The molecule has 0 bridgehead atoms. The van der Waals surface area contributed by atoms with E-state index in [-0.39, 0.29) is 18.2 Å². The molecule has 0 aliphatic heterocycles. The van der Waals surface area contributed by atoms with Gasteiger partial charge in [-0.25, -0.2) is 14.1 Å². The second-order valence-corrected chi connectivity index (χ2v) is 8.12. The molecule has 0 saturated heterocycles. The van der Waals surface area contributed by atoms with Crippen LogP contribution in [0.25, 0.3) is 16.9 Å². The van der Waals surface area contributed by atoms with Crippen molar-refractivity contribution < 1.29 is 18.7 Å². The quantitative estimate of drug-likeness (QED) is 0.397. The number of nitrogens with zero attached hydrogens (tertiary/aromatic N) is 3. The van der Waals surface area contributed by atoms with Gasteiger partial charge in [-0.05, 0) is 44.2 Å². The molecule has 2 aromatic heterocycles. The zero-order chi connectivity index (χ0) is 23.4.